The fourth-order valence-corrected chi connectivity index (χ4v) is 3.43. The van der Waals surface area contributed by atoms with Gasteiger partial charge in [0.25, 0.3) is 0 Å². The number of aromatic nitrogens is 2. The number of hydrogen-bond donors (Lipinski definition) is 1. The number of ether oxygens (including phenoxy) is 1. The number of nitrogens with zero attached hydrogens (tertiary/aromatic N) is 2. The lowest BCUT2D eigenvalue weighted by Crippen LogP contribution is -2.34. The molecule has 1 N–H and O–H groups in total. The summed E-state index contributed by atoms with van der Waals surface area (Å²) in [4.78, 5) is 9.43. The van der Waals surface area contributed by atoms with Gasteiger partial charge in [-0.05, 0) is 37.6 Å². The Morgan fingerprint density at radius 1 is 1.45 bits per heavy atom. The molecule has 0 amide bonds. The Morgan fingerprint density at radius 3 is 3.00 bits per heavy atom. The van der Waals surface area contributed by atoms with Crippen molar-refractivity contribution in [2.24, 2.45) is 5.41 Å². The standard InChI is InChI=1S/C16H25N3O/c1-4-17-12-8-16(2,3)9-13-11(12)10-18-15(19-13)14-6-5-7-20-14/h10,12,14,17H,4-9H2,1-3H3. The van der Waals surface area contributed by atoms with Gasteiger partial charge in [0.1, 0.15) is 6.10 Å². The molecule has 2 atom stereocenters. The van der Waals surface area contributed by atoms with Gasteiger partial charge in [0.05, 0.1) is 0 Å². The molecule has 2 aliphatic rings. The Hall–Kier alpha value is -1.00. The monoisotopic (exact) mass is 275 g/mol. The number of rotatable bonds is 3. The average molecular weight is 275 g/mol. The molecule has 1 saturated heterocycles. The highest BCUT2D eigenvalue weighted by atomic mass is 16.5. The van der Waals surface area contributed by atoms with Crippen LogP contribution in [0.1, 0.15) is 69.3 Å². The average Bonchev–Trinajstić information content (AvgIpc) is 2.90. The molecule has 1 aromatic rings. The van der Waals surface area contributed by atoms with Gasteiger partial charge < -0.3 is 10.1 Å². The molecule has 0 radical (unpaired) electrons. The van der Waals surface area contributed by atoms with Crippen LogP contribution in [0.4, 0.5) is 0 Å². The molecule has 4 nitrogen and oxygen atoms in total. The van der Waals surface area contributed by atoms with Crippen molar-refractivity contribution in [2.45, 2.75) is 58.6 Å². The van der Waals surface area contributed by atoms with E-state index in [1.807, 2.05) is 6.20 Å². The van der Waals surface area contributed by atoms with Crippen molar-refractivity contribution in [3.63, 3.8) is 0 Å². The first-order valence-electron chi connectivity index (χ1n) is 7.80. The maximum absolute atomic E-state index is 5.72. The van der Waals surface area contributed by atoms with Crippen LogP contribution >= 0.6 is 0 Å². The lowest BCUT2D eigenvalue weighted by atomic mass is 9.74. The molecule has 1 aliphatic heterocycles. The normalized spacial score (nSPS) is 28.4. The quantitative estimate of drug-likeness (QED) is 0.921. The third-order valence-electron chi connectivity index (χ3n) is 4.36. The van der Waals surface area contributed by atoms with Crippen LogP contribution < -0.4 is 5.32 Å². The molecule has 20 heavy (non-hydrogen) atoms. The van der Waals surface area contributed by atoms with Gasteiger partial charge >= 0.3 is 0 Å². The predicted molar refractivity (Wildman–Crippen MR) is 78.5 cm³/mol. The topological polar surface area (TPSA) is 47.0 Å². The summed E-state index contributed by atoms with van der Waals surface area (Å²) in [6, 6.07) is 0.386. The van der Waals surface area contributed by atoms with E-state index in [-0.39, 0.29) is 6.10 Å². The zero-order valence-electron chi connectivity index (χ0n) is 12.8. The van der Waals surface area contributed by atoms with Gasteiger partial charge in [0, 0.05) is 30.1 Å². The predicted octanol–water partition coefficient (Wildman–Crippen LogP) is 2.95. The summed E-state index contributed by atoms with van der Waals surface area (Å²) < 4.78 is 5.72. The Labute approximate surface area is 121 Å². The second kappa shape index (κ2) is 5.41. The van der Waals surface area contributed by atoms with Gasteiger partial charge in [-0.2, -0.15) is 0 Å². The molecule has 4 heteroatoms. The maximum atomic E-state index is 5.72. The van der Waals surface area contributed by atoms with Gasteiger partial charge in [0.15, 0.2) is 5.82 Å². The summed E-state index contributed by atoms with van der Waals surface area (Å²) in [5.41, 5.74) is 2.79. The Balaban J connectivity index is 1.92. The lowest BCUT2D eigenvalue weighted by Gasteiger charge is -2.36. The largest absolute Gasteiger partial charge is 0.370 e. The molecule has 0 spiro atoms. The fourth-order valence-electron chi connectivity index (χ4n) is 3.43. The lowest BCUT2D eigenvalue weighted by molar-refractivity contribution is 0.104. The number of hydrogen-bond acceptors (Lipinski definition) is 4. The zero-order valence-corrected chi connectivity index (χ0v) is 12.8. The molecular weight excluding hydrogens is 250 g/mol. The highest BCUT2D eigenvalue weighted by molar-refractivity contribution is 5.27. The molecule has 2 heterocycles. The first-order valence-corrected chi connectivity index (χ1v) is 7.80. The molecule has 1 aromatic heterocycles. The SMILES string of the molecule is CCNC1CC(C)(C)Cc2nc(C3CCCO3)ncc21. The summed E-state index contributed by atoms with van der Waals surface area (Å²) in [6.45, 7) is 8.63. The molecule has 110 valence electrons. The van der Waals surface area contributed by atoms with Crippen LogP contribution in [0.5, 0.6) is 0 Å². The van der Waals surface area contributed by atoms with Crippen LogP contribution in [-0.2, 0) is 11.2 Å². The molecule has 0 aromatic carbocycles. The molecule has 0 saturated carbocycles. The van der Waals surface area contributed by atoms with Gasteiger partial charge in [-0.3, -0.25) is 0 Å². The Morgan fingerprint density at radius 2 is 2.30 bits per heavy atom. The van der Waals surface area contributed by atoms with Crippen LogP contribution in [0.3, 0.4) is 0 Å². The molecule has 2 unspecified atom stereocenters. The van der Waals surface area contributed by atoms with Crippen molar-refractivity contribution in [1.29, 1.82) is 0 Å². The van der Waals surface area contributed by atoms with Crippen LogP contribution in [0.15, 0.2) is 6.20 Å². The van der Waals surface area contributed by atoms with Crippen molar-refractivity contribution in [3.8, 4) is 0 Å². The Kier molecular flexibility index (Phi) is 3.78. The van der Waals surface area contributed by atoms with E-state index in [1.54, 1.807) is 0 Å². The number of fused-ring (bicyclic) bond motifs is 1. The van der Waals surface area contributed by atoms with Crippen molar-refractivity contribution in [2.75, 3.05) is 13.2 Å². The van der Waals surface area contributed by atoms with Gasteiger partial charge in [-0.25, -0.2) is 9.97 Å². The summed E-state index contributed by atoms with van der Waals surface area (Å²) in [6.07, 6.45) is 6.50. The van der Waals surface area contributed by atoms with E-state index < -0.39 is 0 Å². The first-order chi connectivity index (χ1) is 9.59. The number of nitrogens with one attached hydrogen (secondary N) is 1. The van der Waals surface area contributed by atoms with E-state index in [2.05, 4.69) is 31.1 Å². The second-order valence-electron chi connectivity index (χ2n) is 6.79. The minimum Gasteiger partial charge on any atom is -0.370 e. The van der Waals surface area contributed by atoms with E-state index in [9.17, 15) is 0 Å². The van der Waals surface area contributed by atoms with Gasteiger partial charge in [-0.1, -0.05) is 20.8 Å². The van der Waals surface area contributed by atoms with Crippen molar-refractivity contribution in [1.82, 2.24) is 15.3 Å². The van der Waals surface area contributed by atoms with Crippen molar-refractivity contribution < 1.29 is 4.74 Å². The summed E-state index contributed by atoms with van der Waals surface area (Å²) in [5, 5.41) is 3.57. The van der Waals surface area contributed by atoms with Crippen LogP contribution in [-0.4, -0.2) is 23.1 Å². The third-order valence-corrected chi connectivity index (χ3v) is 4.36. The first kappa shape index (κ1) is 14.0. The summed E-state index contributed by atoms with van der Waals surface area (Å²) in [7, 11) is 0. The van der Waals surface area contributed by atoms with E-state index in [0.717, 1.165) is 44.7 Å². The highest BCUT2D eigenvalue weighted by Crippen LogP contribution is 2.40. The van der Waals surface area contributed by atoms with Gasteiger partial charge in [-0.15, -0.1) is 0 Å². The molecule has 0 bridgehead atoms. The van der Waals surface area contributed by atoms with E-state index in [0.29, 0.717) is 11.5 Å². The van der Waals surface area contributed by atoms with E-state index >= 15 is 0 Å². The van der Waals surface area contributed by atoms with E-state index in [1.165, 1.54) is 11.3 Å². The molecule has 1 aliphatic carbocycles. The molecule has 3 rings (SSSR count). The van der Waals surface area contributed by atoms with Crippen LogP contribution in [0.2, 0.25) is 0 Å². The van der Waals surface area contributed by atoms with Crippen molar-refractivity contribution in [3.05, 3.63) is 23.3 Å². The van der Waals surface area contributed by atoms with Crippen LogP contribution in [0, 0.1) is 5.41 Å². The van der Waals surface area contributed by atoms with Crippen LogP contribution in [0.25, 0.3) is 0 Å². The fraction of sp³-hybridized carbons (Fsp3) is 0.750. The summed E-state index contributed by atoms with van der Waals surface area (Å²) >= 11 is 0. The second-order valence-corrected chi connectivity index (χ2v) is 6.79. The summed E-state index contributed by atoms with van der Waals surface area (Å²) in [5.74, 6) is 0.884. The zero-order chi connectivity index (χ0) is 14.2. The van der Waals surface area contributed by atoms with Gasteiger partial charge in [0.2, 0.25) is 0 Å². The highest BCUT2D eigenvalue weighted by Gasteiger charge is 2.34. The minimum absolute atomic E-state index is 0.114. The smallest absolute Gasteiger partial charge is 0.157 e. The minimum atomic E-state index is 0.114. The van der Waals surface area contributed by atoms with E-state index in [4.69, 9.17) is 9.72 Å². The maximum Gasteiger partial charge on any atom is 0.157 e. The Bertz CT molecular complexity index is 481. The molecule has 1 fully saturated rings. The molecular formula is C16H25N3O. The third kappa shape index (κ3) is 2.72. The van der Waals surface area contributed by atoms with Crippen molar-refractivity contribution >= 4 is 0 Å².